The molecule has 1 saturated heterocycles. The molecule has 0 atom stereocenters. The van der Waals surface area contributed by atoms with Crippen molar-refractivity contribution in [2.45, 2.75) is 17.5 Å². The van der Waals surface area contributed by atoms with E-state index in [1.165, 1.54) is 4.88 Å². The average molecular weight is 481 g/mol. The third kappa shape index (κ3) is 4.71. The second-order valence-electron chi connectivity index (χ2n) is 6.65. The maximum atomic E-state index is 12.8. The Morgan fingerprint density at radius 2 is 2.07 bits per heavy atom. The highest BCUT2D eigenvalue weighted by Crippen LogP contribution is 2.25. The maximum Gasteiger partial charge on any atom is 0.289 e. The van der Waals surface area contributed by atoms with Crippen LogP contribution in [0.5, 0.6) is 0 Å². The molecule has 148 valence electrons. The van der Waals surface area contributed by atoms with E-state index in [1.807, 2.05) is 28.8 Å². The number of thiophene rings is 1. The van der Waals surface area contributed by atoms with Crippen LogP contribution >= 0.6 is 39.0 Å². The van der Waals surface area contributed by atoms with Gasteiger partial charge >= 0.3 is 0 Å². The van der Waals surface area contributed by atoms with E-state index < -0.39 is 0 Å². The zero-order valence-corrected chi connectivity index (χ0v) is 18.7. The van der Waals surface area contributed by atoms with Gasteiger partial charge in [0.25, 0.3) is 5.91 Å². The van der Waals surface area contributed by atoms with Gasteiger partial charge in [-0.05, 0) is 40.2 Å². The van der Waals surface area contributed by atoms with Gasteiger partial charge < -0.3 is 13.9 Å². The van der Waals surface area contributed by atoms with Crippen LogP contribution in [0.25, 0.3) is 0 Å². The molecule has 0 N–H and O–H groups in total. The number of thioether (sulfide) groups is 1. The van der Waals surface area contributed by atoms with E-state index in [0.29, 0.717) is 11.5 Å². The topological polar surface area (TPSA) is 54.5 Å². The van der Waals surface area contributed by atoms with Crippen LogP contribution in [0.4, 0.5) is 0 Å². The highest BCUT2D eigenvalue weighted by molar-refractivity contribution is 9.11. The Bertz CT molecular complexity index is 943. The van der Waals surface area contributed by atoms with Crippen molar-refractivity contribution in [3.63, 3.8) is 0 Å². The number of halogens is 1. The standard InChI is InChI=1S/C19H21BrN4O2S2/c1-22-7-6-21-19(22)27-13-14-2-4-16(26-14)18(25)24-10-8-23(9-11-24)12-15-3-5-17(20)28-15/h2-7H,8-13H2,1H3. The van der Waals surface area contributed by atoms with Crippen LogP contribution in [0.3, 0.4) is 0 Å². The van der Waals surface area contributed by atoms with E-state index in [0.717, 1.165) is 47.4 Å². The lowest BCUT2D eigenvalue weighted by atomic mass is 10.2. The summed E-state index contributed by atoms with van der Waals surface area (Å²) in [5.74, 6) is 1.85. The molecule has 1 fully saturated rings. The second kappa shape index (κ2) is 8.86. The first kappa shape index (κ1) is 19.8. The van der Waals surface area contributed by atoms with Crippen molar-refractivity contribution in [3.05, 3.63) is 56.8 Å². The number of piperazine rings is 1. The first-order valence-electron chi connectivity index (χ1n) is 9.03. The fourth-order valence-corrected chi connectivity index (χ4v) is 5.47. The lowest BCUT2D eigenvalue weighted by Gasteiger charge is -2.34. The molecule has 3 aromatic heterocycles. The molecule has 1 aliphatic rings. The van der Waals surface area contributed by atoms with Crippen LogP contribution in [-0.4, -0.2) is 51.4 Å². The third-order valence-electron chi connectivity index (χ3n) is 4.66. The van der Waals surface area contributed by atoms with Gasteiger partial charge in [0.1, 0.15) is 5.76 Å². The van der Waals surface area contributed by atoms with Gasteiger partial charge in [0.15, 0.2) is 10.9 Å². The van der Waals surface area contributed by atoms with Crippen LogP contribution in [0.15, 0.2) is 50.0 Å². The molecular formula is C19H21BrN4O2S2. The maximum absolute atomic E-state index is 12.8. The fourth-order valence-electron chi connectivity index (χ4n) is 3.12. The van der Waals surface area contributed by atoms with Crippen molar-refractivity contribution < 1.29 is 9.21 Å². The molecule has 28 heavy (non-hydrogen) atoms. The SMILES string of the molecule is Cn1ccnc1SCc1ccc(C(=O)N2CCN(Cc3ccc(Br)s3)CC2)o1. The fraction of sp³-hybridized carbons (Fsp3) is 0.368. The van der Waals surface area contributed by atoms with Gasteiger partial charge in [-0.3, -0.25) is 9.69 Å². The number of carbonyl (C=O) groups excluding carboxylic acids is 1. The number of nitrogens with zero attached hydrogens (tertiary/aromatic N) is 4. The van der Waals surface area contributed by atoms with Gasteiger partial charge in [0.2, 0.25) is 0 Å². The predicted molar refractivity (Wildman–Crippen MR) is 115 cm³/mol. The van der Waals surface area contributed by atoms with E-state index in [-0.39, 0.29) is 5.91 Å². The van der Waals surface area contributed by atoms with Crippen LogP contribution in [0.1, 0.15) is 21.2 Å². The molecule has 4 rings (SSSR count). The Labute approximate surface area is 180 Å². The molecule has 0 spiro atoms. The molecule has 0 saturated carbocycles. The minimum atomic E-state index is -0.0215. The monoisotopic (exact) mass is 480 g/mol. The molecule has 0 radical (unpaired) electrons. The molecular weight excluding hydrogens is 460 g/mol. The zero-order valence-electron chi connectivity index (χ0n) is 15.5. The number of hydrogen-bond donors (Lipinski definition) is 0. The third-order valence-corrected chi connectivity index (χ3v) is 7.35. The van der Waals surface area contributed by atoms with E-state index >= 15 is 0 Å². The normalized spacial score (nSPS) is 15.3. The number of hydrogen-bond acceptors (Lipinski definition) is 6. The molecule has 0 unspecified atom stereocenters. The summed E-state index contributed by atoms with van der Waals surface area (Å²) in [4.78, 5) is 22.7. The first-order chi connectivity index (χ1) is 13.6. The number of rotatable bonds is 6. The van der Waals surface area contributed by atoms with E-state index in [2.05, 4.69) is 37.9 Å². The van der Waals surface area contributed by atoms with Crippen LogP contribution in [0, 0.1) is 0 Å². The highest BCUT2D eigenvalue weighted by atomic mass is 79.9. The van der Waals surface area contributed by atoms with Crippen molar-refractivity contribution in [2.75, 3.05) is 26.2 Å². The summed E-state index contributed by atoms with van der Waals surface area (Å²) < 4.78 is 8.92. The molecule has 6 nitrogen and oxygen atoms in total. The number of aryl methyl sites for hydroxylation is 1. The Morgan fingerprint density at radius 3 is 2.75 bits per heavy atom. The van der Waals surface area contributed by atoms with Crippen molar-refractivity contribution in [1.82, 2.24) is 19.4 Å². The second-order valence-corrected chi connectivity index (χ2v) is 10.1. The predicted octanol–water partition coefficient (Wildman–Crippen LogP) is 4.09. The van der Waals surface area contributed by atoms with Gasteiger partial charge in [-0.25, -0.2) is 4.98 Å². The molecule has 4 heterocycles. The lowest BCUT2D eigenvalue weighted by molar-refractivity contribution is 0.0597. The van der Waals surface area contributed by atoms with Gasteiger partial charge in [-0.1, -0.05) is 11.8 Å². The first-order valence-corrected chi connectivity index (χ1v) is 11.6. The Kier molecular flexibility index (Phi) is 6.25. The summed E-state index contributed by atoms with van der Waals surface area (Å²) in [7, 11) is 1.96. The van der Waals surface area contributed by atoms with Gasteiger partial charge in [0.05, 0.1) is 9.54 Å². The number of furan rings is 1. The summed E-state index contributed by atoms with van der Waals surface area (Å²) in [6, 6.07) is 7.90. The van der Waals surface area contributed by atoms with Crippen molar-refractivity contribution >= 4 is 44.9 Å². The Morgan fingerprint density at radius 1 is 1.25 bits per heavy atom. The number of amides is 1. The van der Waals surface area contributed by atoms with E-state index in [9.17, 15) is 4.79 Å². The smallest absolute Gasteiger partial charge is 0.289 e. The highest BCUT2D eigenvalue weighted by Gasteiger charge is 2.24. The van der Waals surface area contributed by atoms with Crippen molar-refractivity contribution in [3.8, 4) is 0 Å². The number of imidazole rings is 1. The summed E-state index contributed by atoms with van der Waals surface area (Å²) in [6.45, 7) is 4.15. The Hall–Kier alpha value is -1.55. The van der Waals surface area contributed by atoms with Crippen LogP contribution < -0.4 is 0 Å². The number of carbonyl (C=O) groups is 1. The lowest BCUT2D eigenvalue weighted by Crippen LogP contribution is -2.48. The molecule has 0 aliphatic carbocycles. The molecule has 1 aliphatic heterocycles. The molecule has 9 heteroatoms. The van der Waals surface area contributed by atoms with Gasteiger partial charge in [-0.2, -0.15) is 0 Å². The molecule has 1 amide bonds. The minimum Gasteiger partial charge on any atom is -0.455 e. The van der Waals surface area contributed by atoms with Crippen LogP contribution in [0.2, 0.25) is 0 Å². The van der Waals surface area contributed by atoms with Crippen molar-refractivity contribution in [1.29, 1.82) is 0 Å². The zero-order chi connectivity index (χ0) is 19.5. The van der Waals surface area contributed by atoms with Gasteiger partial charge in [-0.15, -0.1) is 11.3 Å². The molecule has 3 aromatic rings. The summed E-state index contributed by atoms with van der Waals surface area (Å²) >= 11 is 6.87. The van der Waals surface area contributed by atoms with E-state index in [4.69, 9.17) is 4.42 Å². The number of aromatic nitrogens is 2. The average Bonchev–Trinajstić information content (AvgIpc) is 3.42. The summed E-state index contributed by atoms with van der Waals surface area (Å²) in [5, 5.41) is 0.929. The molecule has 0 aromatic carbocycles. The van der Waals surface area contributed by atoms with Gasteiger partial charge in [0, 0.05) is 57.0 Å². The molecule has 0 bridgehead atoms. The van der Waals surface area contributed by atoms with Crippen molar-refractivity contribution in [2.24, 2.45) is 7.05 Å². The summed E-state index contributed by atoms with van der Waals surface area (Å²) in [6.07, 6.45) is 3.69. The van der Waals surface area contributed by atoms with Crippen LogP contribution in [-0.2, 0) is 19.3 Å². The quantitative estimate of drug-likeness (QED) is 0.497. The Balaban J connectivity index is 1.28. The summed E-state index contributed by atoms with van der Waals surface area (Å²) in [5.41, 5.74) is 0. The minimum absolute atomic E-state index is 0.0215. The van der Waals surface area contributed by atoms with E-state index in [1.54, 1.807) is 35.4 Å². The largest absolute Gasteiger partial charge is 0.455 e.